The molecule has 2 aliphatic rings. The second kappa shape index (κ2) is 11.6. The lowest BCUT2D eigenvalue weighted by Crippen LogP contribution is -2.62. The summed E-state index contributed by atoms with van der Waals surface area (Å²) in [6, 6.07) is 6.09. The Bertz CT molecular complexity index is 823. The van der Waals surface area contributed by atoms with Gasteiger partial charge < -0.3 is 39.4 Å². The quantitative estimate of drug-likeness (QED) is 0.333. The van der Waals surface area contributed by atoms with E-state index in [9.17, 15) is 30.0 Å². The van der Waals surface area contributed by atoms with E-state index in [2.05, 4.69) is 0 Å². The number of rotatable bonds is 7. The predicted molar refractivity (Wildman–Crippen MR) is 114 cm³/mol. The van der Waals surface area contributed by atoms with E-state index < -0.39 is 61.5 Å². The molecular weight excluding hydrogens is 436 g/mol. The largest absolute Gasteiger partial charge is 0.508 e. The number of aliphatic hydroxyl groups excluding tert-OH is 3. The third kappa shape index (κ3) is 6.75. The van der Waals surface area contributed by atoms with Crippen LogP contribution in [0.2, 0.25) is 0 Å². The molecule has 7 atom stereocenters. The van der Waals surface area contributed by atoms with Crippen molar-refractivity contribution < 1.29 is 49.0 Å². The topological polar surface area (TPSA) is 152 Å². The molecule has 0 amide bonds. The highest BCUT2D eigenvalue weighted by Gasteiger charge is 2.50. The Hall–Kier alpha value is -2.50. The molecule has 182 valence electrons. The van der Waals surface area contributed by atoms with Crippen LogP contribution in [0.25, 0.3) is 6.08 Å². The number of phenolic OH excluding ortho intramolecular Hbond substituents is 1. The molecule has 1 aromatic rings. The summed E-state index contributed by atoms with van der Waals surface area (Å²) in [5.41, 5.74) is 0.624. The van der Waals surface area contributed by atoms with Gasteiger partial charge in [-0.15, -0.1) is 0 Å². The number of hydrogen-bond acceptors (Lipinski definition) is 10. The number of carbonyl (C=O) groups excluding carboxylic acids is 2. The van der Waals surface area contributed by atoms with Crippen molar-refractivity contribution in [3.63, 3.8) is 0 Å². The van der Waals surface area contributed by atoms with Crippen LogP contribution >= 0.6 is 0 Å². The van der Waals surface area contributed by atoms with Gasteiger partial charge in [-0.2, -0.15) is 0 Å². The molecule has 1 saturated heterocycles. The molecule has 0 spiro atoms. The van der Waals surface area contributed by atoms with E-state index in [1.54, 1.807) is 12.1 Å². The first kappa shape index (κ1) is 25.1. The maximum Gasteiger partial charge on any atom is 0.331 e. The molecular formula is C23H30O10. The lowest BCUT2D eigenvalue weighted by atomic mass is 9.94. The highest BCUT2D eigenvalue weighted by molar-refractivity contribution is 5.87. The Morgan fingerprint density at radius 1 is 1.09 bits per heavy atom. The predicted octanol–water partition coefficient (Wildman–Crippen LogP) is 0.647. The van der Waals surface area contributed by atoms with E-state index >= 15 is 0 Å². The van der Waals surface area contributed by atoms with Crippen molar-refractivity contribution >= 4 is 18.0 Å². The third-order valence-corrected chi connectivity index (χ3v) is 5.63. The minimum Gasteiger partial charge on any atom is -0.508 e. The summed E-state index contributed by atoms with van der Waals surface area (Å²) in [5.74, 6) is -1.47. The van der Waals surface area contributed by atoms with E-state index in [-0.39, 0.29) is 5.75 Å². The van der Waals surface area contributed by atoms with Crippen LogP contribution in [0, 0.1) is 0 Å². The Kier molecular flexibility index (Phi) is 8.81. The number of phenols is 1. The molecule has 1 aliphatic heterocycles. The fraction of sp³-hybridized carbons (Fsp3) is 0.565. The Morgan fingerprint density at radius 2 is 1.79 bits per heavy atom. The highest BCUT2D eigenvalue weighted by Crippen LogP contribution is 2.30. The molecule has 1 aliphatic carbocycles. The van der Waals surface area contributed by atoms with Crippen molar-refractivity contribution in [2.75, 3.05) is 6.61 Å². The van der Waals surface area contributed by atoms with Gasteiger partial charge in [-0.05, 0) is 36.6 Å². The fourth-order valence-electron chi connectivity index (χ4n) is 3.95. The molecule has 4 N–H and O–H groups in total. The number of carbonyl (C=O) groups is 2. The van der Waals surface area contributed by atoms with E-state index in [0.29, 0.717) is 18.4 Å². The van der Waals surface area contributed by atoms with Gasteiger partial charge in [0.1, 0.15) is 18.0 Å². The van der Waals surface area contributed by atoms with E-state index in [0.717, 1.165) is 25.8 Å². The number of hydrogen-bond donors (Lipinski definition) is 4. The zero-order valence-electron chi connectivity index (χ0n) is 18.3. The van der Waals surface area contributed by atoms with Crippen LogP contribution in [-0.2, 0) is 28.5 Å². The summed E-state index contributed by atoms with van der Waals surface area (Å²) in [6.07, 6.45) is -2.54. The first-order chi connectivity index (χ1) is 15.8. The summed E-state index contributed by atoms with van der Waals surface area (Å²) in [4.78, 5) is 24.1. The van der Waals surface area contributed by atoms with Crippen LogP contribution in [0.3, 0.4) is 0 Å². The van der Waals surface area contributed by atoms with Crippen LogP contribution in [0.15, 0.2) is 30.3 Å². The smallest absolute Gasteiger partial charge is 0.331 e. The molecule has 1 saturated carbocycles. The number of benzene rings is 1. The van der Waals surface area contributed by atoms with Crippen LogP contribution < -0.4 is 0 Å². The van der Waals surface area contributed by atoms with Gasteiger partial charge in [0.25, 0.3) is 0 Å². The number of ether oxygens (including phenoxy) is 4. The van der Waals surface area contributed by atoms with Gasteiger partial charge in [-0.3, -0.25) is 4.79 Å². The third-order valence-electron chi connectivity index (χ3n) is 5.63. The highest BCUT2D eigenvalue weighted by atomic mass is 16.7. The van der Waals surface area contributed by atoms with Crippen molar-refractivity contribution in [2.45, 2.75) is 75.5 Å². The van der Waals surface area contributed by atoms with Gasteiger partial charge in [0, 0.05) is 13.0 Å². The SMILES string of the molecule is CC(=O)O[C@@H]1[C@@H](O)[C@H](OC2CCCCC2O)O[C@H](CO)[C@H]1OC(=O)/C=C/c1ccc(O)cc1. The van der Waals surface area contributed by atoms with Crippen molar-refractivity contribution in [1.82, 2.24) is 0 Å². The minimum atomic E-state index is -1.52. The molecule has 0 aromatic heterocycles. The van der Waals surface area contributed by atoms with Crippen molar-refractivity contribution in [2.24, 2.45) is 0 Å². The molecule has 0 radical (unpaired) electrons. The summed E-state index contributed by atoms with van der Waals surface area (Å²) in [7, 11) is 0. The first-order valence-corrected chi connectivity index (χ1v) is 10.9. The minimum absolute atomic E-state index is 0.0793. The molecule has 10 nitrogen and oxygen atoms in total. The van der Waals surface area contributed by atoms with Gasteiger partial charge >= 0.3 is 11.9 Å². The Balaban J connectivity index is 1.72. The van der Waals surface area contributed by atoms with E-state index in [1.165, 1.54) is 18.2 Å². The zero-order chi connectivity index (χ0) is 24.0. The summed E-state index contributed by atoms with van der Waals surface area (Å²) < 4.78 is 22.0. The van der Waals surface area contributed by atoms with Crippen LogP contribution in [-0.4, -0.2) is 81.9 Å². The van der Waals surface area contributed by atoms with Crippen molar-refractivity contribution in [3.8, 4) is 5.75 Å². The van der Waals surface area contributed by atoms with Gasteiger partial charge in [0.05, 0.1) is 18.8 Å². The fourth-order valence-corrected chi connectivity index (χ4v) is 3.95. The van der Waals surface area contributed by atoms with E-state index in [4.69, 9.17) is 18.9 Å². The van der Waals surface area contributed by atoms with Gasteiger partial charge in [0.2, 0.25) is 0 Å². The normalized spacial score (nSPS) is 32.4. The molecule has 2 unspecified atom stereocenters. The molecule has 2 fully saturated rings. The lowest BCUT2D eigenvalue weighted by Gasteiger charge is -2.44. The lowest BCUT2D eigenvalue weighted by molar-refractivity contribution is -0.321. The number of esters is 2. The van der Waals surface area contributed by atoms with Crippen molar-refractivity contribution in [1.29, 1.82) is 0 Å². The van der Waals surface area contributed by atoms with E-state index in [1.807, 2.05) is 0 Å². The maximum absolute atomic E-state index is 12.4. The van der Waals surface area contributed by atoms with Gasteiger partial charge in [-0.25, -0.2) is 4.79 Å². The van der Waals surface area contributed by atoms with Crippen LogP contribution in [0.5, 0.6) is 5.75 Å². The Labute approximate surface area is 191 Å². The molecule has 1 aromatic carbocycles. The first-order valence-electron chi connectivity index (χ1n) is 10.9. The molecule has 10 heteroatoms. The summed E-state index contributed by atoms with van der Waals surface area (Å²) in [5, 5.41) is 40.1. The summed E-state index contributed by atoms with van der Waals surface area (Å²) in [6.45, 7) is 0.539. The van der Waals surface area contributed by atoms with Crippen molar-refractivity contribution in [3.05, 3.63) is 35.9 Å². The average molecular weight is 466 g/mol. The maximum atomic E-state index is 12.4. The monoisotopic (exact) mass is 466 g/mol. The number of aliphatic hydroxyl groups is 3. The number of aromatic hydroxyl groups is 1. The standard InChI is InChI=1S/C23H30O10/c1-13(25)30-22-20(29)23(31-17-5-3-2-4-16(17)27)32-18(12-24)21(22)33-19(28)11-8-14-6-9-15(26)10-7-14/h6-11,16-18,20-24,26-27,29H,2-5,12H2,1H3/b11-8+/t16?,17?,18-,20-,21-,22-,23-/m1/s1. The van der Waals surface area contributed by atoms with Gasteiger partial charge in [-0.1, -0.05) is 25.0 Å². The van der Waals surface area contributed by atoms with Crippen LogP contribution in [0.1, 0.15) is 38.2 Å². The molecule has 33 heavy (non-hydrogen) atoms. The second-order valence-corrected chi connectivity index (χ2v) is 8.14. The molecule has 3 rings (SSSR count). The van der Waals surface area contributed by atoms with Crippen LogP contribution in [0.4, 0.5) is 0 Å². The van der Waals surface area contributed by atoms with Gasteiger partial charge in [0.15, 0.2) is 18.5 Å². The zero-order valence-corrected chi connectivity index (χ0v) is 18.3. The molecule has 1 heterocycles. The average Bonchev–Trinajstić information content (AvgIpc) is 2.78. The summed E-state index contributed by atoms with van der Waals surface area (Å²) >= 11 is 0. The second-order valence-electron chi connectivity index (χ2n) is 8.14. The molecule has 0 bridgehead atoms. The Morgan fingerprint density at radius 3 is 2.42 bits per heavy atom.